The molecular weight excluding hydrogens is 498 g/mol. The van der Waals surface area contributed by atoms with Gasteiger partial charge < -0.3 is 24.2 Å². The summed E-state index contributed by atoms with van der Waals surface area (Å²) in [5.41, 5.74) is 1.94. The molecule has 1 aliphatic rings. The second-order valence-electron chi connectivity index (χ2n) is 9.84. The van der Waals surface area contributed by atoms with Gasteiger partial charge >= 0.3 is 6.03 Å². The number of nitrogens with zero attached hydrogens (tertiary/aromatic N) is 4. The van der Waals surface area contributed by atoms with Crippen molar-refractivity contribution >= 4 is 28.5 Å². The number of anilines is 1. The SMILES string of the molecule is COc1ccc(N2C(=O)N(Cc3ccnc4ccccc34)C(C)(C)C2=O)cc1OCCNCc1cc(C)on1. The first-order valence-corrected chi connectivity index (χ1v) is 12.7. The van der Waals surface area contributed by atoms with Crippen molar-refractivity contribution in [1.82, 2.24) is 20.4 Å². The van der Waals surface area contributed by atoms with Crippen LogP contribution >= 0.6 is 0 Å². The molecule has 10 heteroatoms. The zero-order valence-corrected chi connectivity index (χ0v) is 22.4. The largest absolute Gasteiger partial charge is 0.493 e. The smallest absolute Gasteiger partial charge is 0.332 e. The van der Waals surface area contributed by atoms with Crippen molar-refractivity contribution in [3.63, 3.8) is 0 Å². The number of para-hydroxylation sites is 1. The Kier molecular flexibility index (Phi) is 7.21. The summed E-state index contributed by atoms with van der Waals surface area (Å²) in [5, 5.41) is 8.14. The van der Waals surface area contributed by atoms with Crippen LogP contribution < -0.4 is 19.7 Å². The highest BCUT2D eigenvalue weighted by molar-refractivity contribution is 6.23. The molecule has 0 aliphatic carbocycles. The van der Waals surface area contributed by atoms with Crippen LogP contribution in [0.15, 0.2) is 65.3 Å². The second-order valence-corrected chi connectivity index (χ2v) is 9.84. The number of methoxy groups -OCH3 is 1. The molecule has 3 heterocycles. The van der Waals surface area contributed by atoms with Crippen LogP contribution in [0.2, 0.25) is 0 Å². The average molecular weight is 530 g/mol. The van der Waals surface area contributed by atoms with Crippen molar-refractivity contribution in [2.45, 2.75) is 39.4 Å². The number of aryl methyl sites for hydroxylation is 1. The number of ether oxygens (including phenoxy) is 2. The molecule has 202 valence electrons. The molecule has 0 spiro atoms. The number of aromatic nitrogens is 2. The molecular formula is C29H31N5O5. The molecule has 1 fully saturated rings. The topological polar surface area (TPSA) is 110 Å². The normalized spacial score (nSPS) is 14.9. The zero-order valence-electron chi connectivity index (χ0n) is 22.4. The standard InChI is InChI=1S/C29H31N5O5/c1-19-15-21(32-39-19)17-30-13-14-38-26-16-22(9-10-25(26)37-4)34-27(35)29(2,3)33(28(34)36)18-20-11-12-31-24-8-6-5-7-23(20)24/h5-12,15-16,30H,13-14,17-18H2,1-4H3. The molecule has 2 aromatic heterocycles. The zero-order chi connectivity index (χ0) is 27.6. The maximum absolute atomic E-state index is 13.7. The lowest BCUT2D eigenvalue weighted by molar-refractivity contribution is -0.123. The number of carbonyl (C=O) groups excluding carboxylic acids is 2. The van der Waals surface area contributed by atoms with Gasteiger partial charge in [-0.15, -0.1) is 0 Å². The Morgan fingerprint density at radius 1 is 1.05 bits per heavy atom. The fraction of sp³-hybridized carbons (Fsp3) is 0.310. The summed E-state index contributed by atoms with van der Waals surface area (Å²) in [6, 6.07) is 16.2. The molecule has 0 unspecified atom stereocenters. The van der Waals surface area contributed by atoms with Gasteiger partial charge in [0.1, 0.15) is 17.9 Å². The van der Waals surface area contributed by atoms with Crippen LogP contribution in [0.1, 0.15) is 30.9 Å². The number of amides is 3. The number of rotatable bonds is 10. The van der Waals surface area contributed by atoms with E-state index in [9.17, 15) is 9.59 Å². The fourth-order valence-corrected chi connectivity index (χ4v) is 4.66. The molecule has 1 aliphatic heterocycles. The maximum atomic E-state index is 13.7. The minimum absolute atomic E-state index is 0.271. The van der Waals surface area contributed by atoms with Crippen molar-refractivity contribution in [2.24, 2.45) is 0 Å². The highest BCUT2D eigenvalue weighted by Crippen LogP contribution is 2.38. The van der Waals surface area contributed by atoms with E-state index in [-0.39, 0.29) is 12.5 Å². The molecule has 1 N–H and O–H groups in total. The van der Waals surface area contributed by atoms with Gasteiger partial charge in [-0.25, -0.2) is 9.69 Å². The minimum Gasteiger partial charge on any atom is -0.493 e. The summed E-state index contributed by atoms with van der Waals surface area (Å²) >= 11 is 0. The molecule has 0 bridgehead atoms. The average Bonchev–Trinajstić information content (AvgIpc) is 3.42. The quantitative estimate of drug-likeness (QED) is 0.237. The Bertz CT molecular complexity index is 1510. The third kappa shape index (κ3) is 5.15. The maximum Gasteiger partial charge on any atom is 0.332 e. The number of hydrogen-bond acceptors (Lipinski definition) is 8. The van der Waals surface area contributed by atoms with Crippen LogP contribution in [0.3, 0.4) is 0 Å². The van der Waals surface area contributed by atoms with E-state index in [1.165, 1.54) is 4.90 Å². The van der Waals surface area contributed by atoms with E-state index in [0.717, 1.165) is 27.9 Å². The monoisotopic (exact) mass is 529 g/mol. The van der Waals surface area contributed by atoms with Gasteiger partial charge in [0.05, 0.1) is 24.0 Å². The van der Waals surface area contributed by atoms with E-state index in [2.05, 4.69) is 15.5 Å². The number of fused-ring (bicyclic) bond motifs is 1. The number of pyridine rings is 1. The lowest BCUT2D eigenvalue weighted by Crippen LogP contribution is -2.43. The summed E-state index contributed by atoms with van der Waals surface area (Å²) < 4.78 is 16.5. The Hall–Kier alpha value is -4.44. The molecule has 3 amide bonds. The lowest BCUT2D eigenvalue weighted by Gasteiger charge is -2.28. The van der Waals surface area contributed by atoms with Crippen LogP contribution in [-0.2, 0) is 17.9 Å². The van der Waals surface area contributed by atoms with Crippen molar-refractivity contribution in [2.75, 3.05) is 25.2 Å². The van der Waals surface area contributed by atoms with E-state index in [4.69, 9.17) is 14.0 Å². The summed E-state index contributed by atoms with van der Waals surface area (Å²) in [6.07, 6.45) is 1.72. The highest BCUT2D eigenvalue weighted by atomic mass is 16.5. The van der Waals surface area contributed by atoms with Crippen LogP contribution in [0.4, 0.5) is 10.5 Å². The van der Waals surface area contributed by atoms with Gasteiger partial charge in [-0.3, -0.25) is 9.78 Å². The Labute approximate surface area is 226 Å². The number of imide groups is 1. The van der Waals surface area contributed by atoms with Gasteiger partial charge in [0.2, 0.25) is 0 Å². The van der Waals surface area contributed by atoms with E-state index >= 15 is 0 Å². The Morgan fingerprint density at radius 3 is 2.64 bits per heavy atom. The first-order valence-electron chi connectivity index (χ1n) is 12.7. The van der Waals surface area contributed by atoms with Crippen LogP contribution in [0, 0.1) is 6.92 Å². The van der Waals surface area contributed by atoms with Gasteiger partial charge in [0, 0.05) is 43.4 Å². The molecule has 4 aromatic rings. The third-order valence-electron chi connectivity index (χ3n) is 6.82. The lowest BCUT2D eigenvalue weighted by atomic mass is 10.0. The second kappa shape index (κ2) is 10.7. The summed E-state index contributed by atoms with van der Waals surface area (Å²) in [5.74, 6) is 1.38. The van der Waals surface area contributed by atoms with Crippen molar-refractivity contribution in [3.05, 3.63) is 77.8 Å². The molecule has 39 heavy (non-hydrogen) atoms. The van der Waals surface area contributed by atoms with Gasteiger partial charge in [0.25, 0.3) is 5.91 Å². The molecule has 1 saturated heterocycles. The first-order chi connectivity index (χ1) is 18.8. The molecule has 0 saturated carbocycles. The van der Waals surface area contributed by atoms with Crippen molar-refractivity contribution < 1.29 is 23.6 Å². The van der Waals surface area contributed by atoms with E-state index < -0.39 is 11.6 Å². The molecule has 10 nitrogen and oxygen atoms in total. The van der Waals surface area contributed by atoms with Crippen LogP contribution in [0.25, 0.3) is 10.9 Å². The fourth-order valence-electron chi connectivity index (χ4n) is 4.66. The van der Waals surface area contributed by atoms with E-state index in [1.807, 2.05) is 43.3 Å². The molecule has 0 atom stereocenters. The number of urea groups is 1. The van der Waals surface area contributed by atoms with Gasteiger partial charge in [-0.05, 0) is 50.6 Å². The van der Waals surface area contributed by atoms with E-state index in [0.29, 0.717) is 36.9 Å². The Morgan fingerprint density at radius 2 is 1.87 bits per heavy atom. The summed E-state index contributed by atoms with van der Waals surface area (Å²) in [4.78, 5) is 34.5. The molecule has 0 radical (unpaired) electrons. The highest BCUT2D eigenvalue weighted by Gasteiger charge is 2.52. The number of benzene rings is 2. The van der Waals surface area contributed by atoms with Crippen LogP contribution in [-0.4, -0.2) is 52.8 Å². The van der Waals surface area contributed by atoms with Crippen molar-refractivity contribution in [3.8, 4) is 11.5 Å². The van der Waals surface area contributed by atoms with Crippen molar-refractivity contribution in [1.29, 1.82) is 0 Å². The Balaban J connectivity index is 1.32. The van der Waals surface area contributed by atoms with Gasteiger partial charge in [-0.1, -0.05) is 23.4 Å². The third-order valence-corrected chi connectivity index (χ3v) is 6.82. The summed E-state index contributed by atoms with van der Waals surface area (Å²) in [7, 11) is 1.54. The van der Waals surface area contributed by atoms with E-state index in [1.54, 1.807) is 50.3 Å². The van der Waals surface area contributed by atoms with Gasteiger partial charge in [-0.2, -0.15) is 0 Å². The predicted molar refractivity (Wildman–Crippen MR) is 146 cm³/mol. The van der Waals surface area contributed by atoms with Crippen LogP contribution in [0.5, 0.6) is 11.5 Å². The molecule has 2 aromatic carbocycles. The summed E-state index contributed by atoms with van der Waals surface area (Å²) in [6.45, 7) is 7.07. The molecule has 5 rings (SSSR count). The number of nitrogens with one attached hydrogen (secondary N) is 1. The predicted octanol–water partition coefficient (Wildman–Crippen LogP) is 4.46. The minimum atomic E-state index is -1.05. The number of hydrogen-bond donors (Lipinski definition) is 1. The van der Waals surface area contributed by atoms with Gasteiger partial charge in [0.15, 0.2) is 11.5 Å². The first kappa shape index (κ1) is 26.2. The number of carbonyl (C=O) groups is 2.